The van der Waals surface area contributed by atoms with E-state index < -0.39 is 0 Å². The lowest BCUT2D eigenvalue weighted by Crippen LogP contribution is -1.96. The van der Waals surface area contributed by atoms with E-state index in [-0.39, 0.29) is 0 Å². The van der Waals surface area contributed by atoms with E-state index in [1.807, 2.05) is 19.1 Å². The Morgan fingerprint density at radius 3 is 2.55 bits per heavy atom. The topological polar surface area (TPSA) is 28.1 Å². The van der Waals surface area contributed by atoms with Gasteiger partial charge in [-0.05, 0) is 44.5 Å². The molecule has 1 aromatic heterocycles. The van der Waals surface area contributed by atoms with Gasteiger partial charge in [0.1, 0.15) is 0 Å². The molecule has 2 aromatic carbocycles. The number of aromatic amines is 1. The summed E-state index contributed by atoms with van der Waals surface area (Å²) in [5.74, 6) is 0. The zero-order valence-corrected chi connectivity index (χ0v) is 13.2. The van der Waals surface area contributed by atoms with Gasteiger partial charge in [-0.1, -0.05) is 42.5 Å². The molecule has 1 heterocycles. The predicted molar refractivity (Wildman–Crippen MR) is 96.1 cm³/mol. The molecular weight excluding hydrogens is 268 g/mol. The second kappa shape index (κ2) is 6.02. The van der Waals surface area contributed by atoms with Crippen LogP contribution < -0.4 is 0 Å². The Hall–Kier alpha value is -2.61. The summed E-state index contributed by atoms with van der Waals surface area (Å²) in [5, 5.41) is 1.21. The summed E-state index contributed by atoms with van der Waals surface area (Å²) in [6, 6.07) is 16.6. The Labute approximate surface area is 131 Å². The van der Waals surface area contributed by atoms with Crippen molar-refractivity contribution in [3.63, 3.8) is 0 Å². The van der Waals surface area contributed by atoms with Gasteiger partial charge in [0, 0.05) is 27.9 Å². The highest BCUT2D eigenvalue weighted by molar-refractivity contribution is 6.13. The van der Waals surface area contributed by atoms with Crippen LogP contribution in [0.15, 0.2) is 59.6 Å². The van der Waals surface area contributed by atoms with Crippen LogP contribution in [-0.2, 0) is 0 Å². The lowest BCUT2D eigenvalue weighted by Gasteiger charge is -2.04. The monoisotopic (exact) mass is 288 g/mol. The molecule has 0 bridgehead atoms. The molecular formula is C20H20N2. The Balaban J connectivity index is 2.20. The summed E-state index contributed by atoms with van der Waals surface area (Å²) in [4.78, 5) is 8.34. The van der Waals surface area contributed by atoms with Crippen LogP contribution in [0.3, 0.4) is 0 Å². The lowest BCUT2D eigenvalue weighted by molar-refractivity contribution is 1.37. The minimum Gasteiger partial charge on any atom is -0.354 e. The first-order chi connectivity index (χ1) is 10.7. The molecule has 110 valence electrons. The maximum absolute atomic E-state index is 4.86. The van der Waals surface area contributed by atoms with Gasteiger partial charge in [-0.15, -0.1) is 0 Å². The average Bonchev–Trinajstić information content (AvgIpc) is 2.88. The van der Waals surface area contributed by atoms with Gasteiger partial charge >= 0.3 is 0 Å². The molecule has 1 N–H and O–H groups in total. The van der Waals surface area contributed by atoms with E-state index in [4.69, 9.17) is 4.99 Å². The number of benzene rings is 2. The fraction of sp³-hybridized carbons (Fsp3) is 0.150. The molecule has 0 atom stereocenters. The first-order valence-corrected chi connectivity index (χ1v) is 7.55. The number of aliphatic imine (C=N–C) groups is 1. The molecule has 2 heteroatoms. The van der Waals surface area contributed by atoms with E-state index >= 15 is 0 Å². The van der Waals surface area contributed by atoms with Gasteiger partial charge in [-0.25, -0.2) is 0 Å². The fourth-order valence-electron chi connectivity index (χ4n) is 2.77. The third kappa shape index (κ3) is 2.60. The van der Waals surface area contributed by atoms with Crippen molar-refractivity contribution < 1.29 is 0 Å². The molecule has 0 aliphatic heterocycles. The summed E-state index contributed by atoms with van der Waals surface area (Å²) >= 11 is 0. The Morgan fingerprint density at radius 1 is 1.05 bits per heavy atom. The number of rotatable bonds is 3. The molecule has 0 saturated carbocycles. The molecule has 3 aromatic rings. The molecule has 0 fully saturated rings. The van der Waals surface area contributed by atoms with Crippen LogP contribution in [0.5, 0.6) is 0 Å². The SMILES string of the molecule is C/C=C\c1[nH]c2ccccc2c1/C(C)=N/c1ccccc1C. The first-order valence-electron chi connectivity index (χ1n) is 7.55. The standard InChI is InChI=1S/C20H20N2/c1-4-9-19-20(16-11-6-8-13-18(16)22-19)15(3)21-17-12-7-5-10-14(17)2/h4-13,22H,1-3H3/b9-4-,21-15+. The summed E-state index contributed by atoms with van der Waals surface area (Å²) in [5.41, 5.74) is 6.67. The number of aromatic nitrogens is 1. The predicted octanol–water partition coefficient (Wildman–Crippen LogP) is 5.65. The van der Waals surface area contributed by atoms with Crippen LogP contribution in [0.25, 0.3) is 17.0 Å². The second-order valence-electron chi connectivity index (χ2n) is 5.44. The zero-order valence-electron chi connectivity index (χ0n) is 13.2. The second-order valence-corrected chi connectivity index (χ2v) is 5.44. The largest absolute Gasteiger partial charge is 0.354 e. The van der Waals surface area contributed by atoms with Crippen LogP contribution >= 0.6 is 0 Å². The molecule has 0 radical (unpaired) electrons. The van der Waals surface area contributed by atoms with Gasteiger partial charge in [0.2, 0.25) is 0 Å². The molecule has 0 aliphatic carbocycles. The molecule has 0 spiro atoms. The highest BCUT2D eigenvalue weighted by atomic mass is 14.8. The number of nitrogens with zero attached hydrogens (tertiary/aromatic N) is 1. The van der Waals surface area contributed by atoms with E-state index in [2.05, 4.69) is 67.4 Å². The summed E-state index contributed by atoms with van der Waals surface area (Å²) in [6.45, 7) is 6.20. The number of hydrogen-bond donors (Lipinski definition) is 1. The van der Waals surface area contributed by atoms with Crippen LogP contribution in [-0.4, -0.2) is 10.7 Å². The number of aryl methyl sites for hydroxylation is 1. The number of allylic oxidation sites excluding steroid dienone is 1. The average molecular weight is 288 g/mol. The molecule has 0 unspecified atom stereocenters. The van der Waals surface area contributed by atoms with Crippen LogP contribution in [0.4, 0.5) is 5.69 Å². The summed E-state index contributed by atoms with van der Waals surface area (Å²) in [7, 11) is 0. The van der Waals surface area contributed by atoms with Crippen molar-refractivity contribution in [3.05, 3.63) is 71.4 Å². The van der Waals surface area contributed by atoms with Crippen molar-refractivity contribution in [2.24, 2.45) is 4.99 Å². The number of para-hydroxylation sites is 2. The van der Waals surface area contributed by atoms with Gasteiger partial charge in [0.05, 0.1) is 5.69 Å². The number of nitrogens with one attached hydrogen (secondary N) is 1. The molecule has 2 nitrogen and oxygen atoms in total. The quantitative estimate of drug-likeness (QED) is 0.603. The maximum atomic E-state index is 4.86. The van der Waals surface area contributed by atoms with E-state index in [1.54, 1.807) is 0 Å². The third-order valence-electron chi connectivity index (χ3n) is 3.83. The van der Waals surface area contributed by atoms with Gasteiger partial charge < -0.3 is 4.98 Å². The maximum Gasteiger partial charge on any atom is 0.0662 e. The highest BCUT2D eigenvalue weighted by Gasteiger charge is 2.12. The van der Waals surface area contributed by atoms with Gasteiger partial charge in [-0.2, -0.15) is 0 Å². The minimum atomic E-state index is 1.02. The Kier molecular flexibility index (Phi) is 3.92. The number of hydrogen-bond acceptors (Lipinski definition) is 1. The lowest BCUT2D eigenvalue weighted by atomic mass is 10.1. The zero-order chi connectivity index (χ0) is 15.5. The molecule has 22 heavy (non-hydrogen) atoms. The van der Waals surface area contributed by atoms with Crippen molar-refractivity contribution in [2.45, 2.75) is 20.8 Å². The van der Waals surface area contributed by atoms with Crippen molar-refractivity contribution in [3.8, 4) is 0 Å². The van der Waals surface area contributed by atoms with Gasteiger partial charge in [0.25, 0.3) is 0 Å². The van der Waals surface area contributed by atoms with E-state index in [0.717, 1.165) is 22.6 Å². The molecule has 0 aliphatic rings. The smallest absolute Gasteiger partial charge is 0.0662 e. The number of H-pyrrole nitrogens is 1. The Morgan fingerprint density at radius 2 is 1.77 bits per heavy atom. The Bertz CT molecular complexity index is 866. The molecule has 3 rings (SSSR count). The highest BCUT2D eigenvalue weighted by Crippen LogP contribution is 2.26. The van der Waals surface area contributed by atoms with E-state index in [9.17, 15) is 0 Å². The number of fused-ring (bicyclic) bond motifs is 1. The van der Waals surface area contributed by atoms with Crippen molar-refractivity contribution in [2.75, 3.05) is 0 Å². The van der Waals surface area contributed by atoms with Crippen molar-refractivity contribution >= 4 is 28.4 Å². The molecule has 0 saturated heterocycles. The first kappa shape index (κ1) is 14.3. The van der Waals surface area contributed by atoms with Crippen molar-refractivity contribution in [1.82, 2.24) is 4.98 Å². The normalized spacial score (nSPS) is 12.4. The minimum absolute atomic E-state index is 1.02. The van der Waals surface area contributed by atoms with Crippen LogP contribution in [0.1, 0.15) is 30.7 Å². The summed E-state index contributed by atoms with van der Waals surface area (Å²) in [6.07, 6.45) is 4.15. The fourth-order valence-corrected chi connectivity index (χ4v) is 2.77. The van der Waals surface area contributed by atoms with Crippen LogP contribution in [0, 0.1) is 6.92 Å². The van der Waals surface area contributed by atoms with Crippen LogP contribution in [0.2, 0.25) is 0 Å². The van der Waals surface area contributed by atoms with Crippen molar-refractivity contribution in [1.29, 1.82) is 0 Å². The van der Waals surface area contributed by atoms with E-state index in [0.29, 0.717) is 0 Å². The summed E-state index contributed by atoms with van der Waals surface area (Å²) < 4.78 is 0. The third-order valence-corrected chi connectivity index (χ3v) is 3.83. The molecule has 0 amide bonds. The van der Waals surface area contributed by atoms with Gasteiger partial charge in [-0.3, -0.25) is 4.99 Å². The van der Waals surface area contributed by atoms with E-state index in [1.165, 1.54) is 16.5 Å². The van der Waals surface area contributed by atoms with Gasteiger partial charge in [0.15, 0.2) is 0 Å².